The SMILES string of the molecule is N#Cc1ccc(C2(O)CC3COCC(C2)N3C(=O)OCc2ccccc2)cc1OCc1ccccc1. The lowest BCUT2D eigenvalue weighted by Crippen LogP contribution is -2.62. The molecule has 0 aromatic heterocycles. The number of hydrogen-bond acceptors (Lipinski definition) is 6. The van der Waals surface area contributed by atoms with Gasteiger partial charge in [-0.1, -0.05) is 66.7 Å². The number of piperidine rings is 1. The third-order valence-corrected chi connectivity index (χ3v) is 6.85. The molecule has 3 aromatic carbocycles. The molecular weight excluding hydrogens is 456 g/mol. The second kappa shape index (κ2) is 10.4. The summed E-state index contributed by atoms with van der Waals surface area (Å²) in [7, 11) is 0. The molecule has 2 unspecified atom stereocenters. The van der Waals surface area contributed by atoms with Gasteiger partial charge >= 0.3 is 6.09 Å². The maximum Gasteiger partial charge on any atom is 0.410 e. The molecule has 2 saturated heterocycles. The largest absolute Gasteiger partial charge is 0.488 e. The van der Waals surface area contributed by atoms with Crippen LogP contribution in [0.3, 0.4) is 0 Å². The molecule has 3 aromatic rings. The van der Waals surface area contributed by atoms with Crippen LogP contribution in [0.5, 0.6) is 5.75 Å². The molecule has 1 amide bonds. The number of morpholine rings is 1. The lowest BCUT2D eigenvalue weighted by Gasteiger charge is -2.51. The van der Waals surface area contributed by atoms with Crippen LogP contribution in [0.2, 0.25) is 0 Å². The van der Waals surface area contributed by atoms with Crippen LogP contribution in [0.15, 0.2) is 78.9 Å². The summed E-state index contributed by atoms with van der Waals surface area (Å²) in [6.07, 6.45) is 0.202. The lowest BCUT2D eigenvalue weighted by atomic mass is 9.76. The van der Waals surface area contributed by atoms with Crippen molar-refractivity contribution in [1.82, 2.24) is 4.90 Å². The van der Waals surface area contributed by atoms with Crippen LogP contribution in [0.25, 0.3) is 0 Å². The molecule has 2 aliphatic rings. The Labute approximate surface area is 210 Å². The van der Waals surface area contributed by atoms with Gasteiger partial charge in [-0.25, -0.2) is 4.79 Å². The number of benzene rings is 3. The number of carbonyl (C=O) groups is 1. The molecule has 1 N–H and O–H groups in total. The maximum absolute atomic E-state index is 13.0. The Morgan fingerprint density at radius 3 is 2.19 bits per heavy atom. The van der Waals surface area contributed by atoms with Crippen LogP contribution in [0.4, 0.5) is 4.79 Å². The van der Waals surface area contributed by atoms with Gasteiger partial charge in [0.05, 0.1) is 36.5 Å². The smallest absolute Gasteiger partial charge is 0.410 e. The molecule has 2 heterocycles. The standard InChI is InChI=1S/C29H28N2O5/c30-16-23-11-12-24(13-27(23)35-17-21-7-3-1-4-8-21)29(33)14-25-19-34-20-26(15-29)31(25)28(32)36-18-22-9-5-2-6-10-22/h1-13,25-26,33H,14-15,17-20H2. The molecule has 0 aliphatic carbocycles. The fourth-order valence-corrected chi connectivity index (χ4v) is 5.06. The topological polar surface area (TPSA) is 92.0 Å². The normalized spacial score (nSPS) is 22.9. The second-order valence-corrected chi connectivity index (χ2v) is 9.33. The van der Waals surface area contributed by atoms with E-state index in [0.717, 1.165) is 11.1 Å². The first-order valence-corrected chi connectivity index (χ1v) is 12.1. The van der Waals surface area contributed by atoms with E-state index in [1.165, 1.54) is 0 Å². The Morgan fingerprint density at radius 2 is 1.58 bits per heavy atom. The molecule has 2 atom stereocenters. The maximum atomic E-state index is 13.0. The molecule has 0 spiro atoms. The summed E-state index contributed by atoms with van der Waals surface area (Å²) in [4.78, 5) is 14.7. The minimum atomic E-state index is -1.19. The van der Waals surface area contributed by atoms with Crippen LogP contribution >= 0.6 is 0 Å². The number of nitriles is 1. The highest BCUT2D eigenvalue weighted by Crippen LogP contribution is 2.42. The molecule has 5 rings (SSSR count). The highest BCUT2D eigenvalue weighted by Gasteiger charge is 2.49. The van der Waals surface area contributed by atoms with Gasteiger partial charge < -0.3 is 19.3 Å². The van der Waals surface area contributed by atoms with Crippen molar-refractivity contribution >= 4 is 6.09 Å². The number of hydrogen-bond donors (Lipinski definition) is 1. The number of rotatable bonds is 6. The second-order valence-electron chi connectivity index (χ2n) is 9.33. The predicted octanol–water partition coefficient (Wildman–Crippen LogP) is 4.52. The summed E-state index contributed by atoms with van der Waals surface area (Å²) in [5, 5.41) is 21.3. The van der Waals surface area contributed by atoms with Crippen LogP contribution in [-0.2, 0) is 28.3 Å². The number of aliphatic hydroxyl groups is 1. The molecule has 184 valence electrons. The Morgan fingerprint density at radius 1 is 0.972 bits per heavy atom. The third-order valence-electron chi connectivity index (χ3n) is 6.85. The quantitative estimate of drug-likeness (QED) is 0.553. The molecular formula is C29H28N2O5. The van der Waals surface area contributed by atoms with E-state index in [2.05, 4.69) is 6.07 Å². The van der Waals surface area contributed by atoms with Crippen molar-refractivity contribution < 1.29 is 24.1 Å². The zero-order valence-electron chi connectivity index (χ0n) is 19.9. The Kier molecular flexibility index (Phi) is 6.90. The summed E-state index contributed by atoms with van der Waals surface area (Å²) < 4.78 is 17.3. The highest BCUT2D eigenvalue weighted by molar-refractivity contribution is 5.69. The fraction of sp³-hybridized carbons (Fsp3) is 0.310. The molecule has 2 bridgehead atoms. The minimum absolute atomic E-state index is 0.193. The van der Waals surface area contributed by atoms with Gasteiger partial charge in [-0.15, -0.1) is 0 Å². The molecule has 7 nitrogen and oxygen atoms in total. The summed E-state index contributed by atoms with van der Waals surface area (Å²) in [5.41, 5.74) is 1.79. The van der Waals surface area contributed by atoms with E-state index in [1.807, 2.05) is 60.7 Å². The van der Waals surface area contributed by atoms with Crippen molar-refractivity contribution in [3.63, 3.8) is 0 Å². The van der Waals surface area contributed by atoms with Gasteiger partial charge in [-0.2, -0.15) is 5.26 Å². The summed E-state index contributed by atoms with van der Waals surface area (Å²) >= 11 is 0. The molecule has 7 heteroatoms. The van der Waals surface area contributed by atoms with E-state index < -0.39 is 11.7 Å². The number of fused-ring (bicyclic) bond motifs is 2. The van der Waals surface area contributed by atoms with Gasteiger partial charge in [-0.05, 0) is 28.8 Å². The van der Waals surface area contributed by atoms with E-state index in [1.54, 1.807) is 23.1 Å². The van der Waals surface area contributed by atoms with Gasteiger partial charge in [-0.3, -0.25) is 4.90 Å². The van der Waals surface area contributed by atoms with Crippen molar-refractivity contribution in [2.45, 2.75) is 43.7 Å². The Bertz CT molecular complexity index is 1230. The van der Waals surface area contributed by atoms with Crippen LogP contribution < -0.4 is 4.74 Å². The first kappa shape index (κ1) is 23.9. The van der Waals surface area contributed by atoms with Crippen molar-refractivity contribution in [3.05, 3.63) is 101 Å². The molecule has 2 aliphatic heterocycles. The summed E-state index contributed by atoms with van der Waals surface area (Å²) in [5.74, 6) is 0.429. The number of nitrogens with zero attached hydrogens (tertiary/aromatic N) is 2. The zero-order chi connectivity index (χ0) is 25.0. The minimum Gasteiger partial charge on any atom is -0.488 e. The fourth-order valence-electron chi connectivity index (χ4n) is 5.06. The van der Waals surface area contributed by atoms with Gasteiger partial charge in [0, 0.05) is 12.8 Å². The number of ether oxygens (including phenoxy) is 3. The molecule has 0 radical (unpaired) electrons. The molecule has 0 saturated carbocycles. The predicted molar refractivity (Wildman–Crippen MR) is 132 cm³/mol. The van der Waals surface area contributed by atoms with Gasteiger partial charge in [0.2, 0.25) is 0 Å². The van der Waals surface area contributed by atoms with Crippen molar-refractivity contribution in [2.75, 3.05) is 13.2 Å². The Hall–Kier alpha value is -3.86. The number of carbonyl (C=O) groups excluding carboxylic acids is 1. The van der Waals surface area contributed by atoms with E-state index in [9.17, 15) is 15.2 Å². The first-order chi connectivity index (χ1) is 17.6. The van der Waals surface area contributed by atoms with Crippen LogP contribution in [0.1, 0.15) is 35.1 Å². The van der Waals surface area contributed by atoms with Crippen molar-refractivity contribution in [2.24, 2.45) is 0 Å². The van der Waals surface area contributed by atoms with Crippen LogP contribution in [0, 0.1) is 11.3 Å². The van der Waals surface area contributed by atoms with E-state index in [0.29, 0.717) is 49.5 Å². The van der Waals surface area contributed by atoms with Crippen molar-refractivity contribution in [1.29, 1.82) is 5.26 Å². The van der Waals surface area contributed by atoms with Crippen molar-refractivity contribution in [3.8, 4) is 11.8 Å². The van der Waals surface area contributed by atoms with Crippen LogP contribution in [-0.4, -0.2) is 41.4 Å². The molecule has 2 fully saturated rings. The van der Waals surface area contributed by atoms with E-state index in [-0.39, 0.29) is 18.7 Å². The van der Waals surface area contributed by atoms with Gasteiger partial charge in [0.1, 0.15) is 25.0 Å². The van der Waals surface area contributed by atoms with Gasteiger partial charge in [0.25, 0.3) is 0 Å². The lowest BCUT2D eigenvalue weighted by molar-refractivity contribution is -0.137. The summed E-state index contributed by atoms with van der Waals surface area (Å²) in [6.45, 7) is 1.16. The summed E-state index contributed by atoms with van der Waals surface area (Å²) in [6, 6.07) is 26.0. The van der Waals surface area contributed by atoms with E-state index in [4.69, 9.17) is 14.2 Å². The average molecular weight is 485 g/mol. The zero-order valence-corrected chi connectivity index (χ0v) is 19.9. The number of amides is 1. The third kappa shape index (κ3) is 5.06. The molecule has 36 heavy (non-hydrogen) atoms. The average Bonchev–Trinajstić information content (AvgIpc) is 2.91. The first-order valence-electron chi connectivity index (χ1n) is 12.1. The monoisotopic (exact) mass is 484 g/mol. The highest BCUT2D eigenvalue weighted by atomic mass is 16.6. The van der Waals surface area contributed by atoms with E-state index >= 15 is 0 Å². The Balaban J connectivity index is 1.32. The van der Waals surface area contributed by atoms with Gasteiger partial charge in [0.15, 0.2) is 0 Å².